The van der Waals surface area contributed by atoms with Gasteiger partial charge in [0.2, 0.25) is 0 Å². The molecule has 2 aromatic carbocycles. The fourth-order valence-corrected chi connectivity index (χ4v) is 2.44. The van der Waals surface area contributed by atoms with Crippen molar-refractivity contribution in [3.63, 3.8) is 0 Å². The summed E-state index contributed by atoms with van der Waals surface area (Å²) in [6.45, 7) is 0.148. The highest BCUT2D eigenvalue weighted by atomic mass is 35.5. The molecule has 3 rings (SSSR count). The number of aromatic nitrogens is 2. The van der Waals surface area contributed by atoms with E-state index >= 15 is 0 Å². The maximum Gasteiger partial charge on any atom is 0.277 e. The quantitative estimate of drug-likeness (QED) is 0.637. The molecule has 1 heterocycles. The van der Waals surface area contributed by atoms with Crippen LogP contribution < -0.4 is 10.9 Å². The second-order valence-electron chi connectivity index (χ2n) is 5.59. The number of carbonyl (C=O) groups excluding carboxylic acids is 1. The van der Waals surface area contributed by atoms with Crippen molar-refractivity contribution >= 4 is 17.5 Å². The zero-order chi connectivity index (χ0) is 19.6. The summed E-state index contributed by atoms with van der Waals surface area (Å²) in [6.07, 6.45) is 0. The van der Waals surface area contributed by atoms with E-state index in [1.807, 2.05) is 0 Å². The Morgan fingerprint density at radius 3 is 2.41 bits per heavy atom. The van der Waals surface area contributed by atoms with Gasteiger partial charge in [0.1, 0.15) is 5.56 Å². The number of nitrogens with one attached hydrogen (secondary N) is 2. The van der Waals surface area contributed by atoms with Crippen LogP contribution in [0.2, 0.25) is 5.02 Å². The van der Waals surface area contributed by atoms with Gasteiger partial charge in [-0.2, -0.15) is 5.10 Å². The molecule has 1 amide bonds. The van der Waals surface area contributed by atoms with Gasteiger partial charge in [-0.15, -0.1) is 0 Å². The number of hydrogen-bond donors (Lipinski definition) is 3. The predicted molar refractivity (Wildman–Crippen MR) is 94.5 cm³/mol. The largest absolute Gasteiger partial charge is 0.503 e. The maximum absolute atomic E-state index is 13.5. The lowest BCUT2D eigenvalue weighted by molar-refractivity contribution is 0.0949. The van der Waals surface area contributed by atoms with Crippen LogP contribution in [0.3, 0.4) is 0 Å². The Hall–Kier alpha value is -3.26. The number of phenolic OH excluding ortho intramolecular Hbond substituents is 1. The Balaban J connectivity index is 1.85. The molecule has 3 N–H and O–H groups in total. The van der Waals surface area contributed by atoms with Crippen LogP contribution in [0, 0.1) is 11.6 Å². The number of aromatic hydroxyl groups is 1. The zero-order valence-corrected chi connectivity index (χ0v) is 14.3. The summed E-state index contributed by atoms with van der Waals surface area (Å²) in [7, 11) is 0. The minimum Gasteiger partial charge on any atom is -0.503 e. The number of H-pyrrole nitrogens is 1. The molecule has 0 aliphatic carbocycles. The van der Waals surface area contributed by atoms with Crippen molar-refractivity contribution in [2.75, 3.05) is 0 Å². The van der Waals surface area contributed by atoms with E-state index in [1.54, 1.807) is 24.3 Å². The Bertz CT molecular complexity index is 1050. The first-order valence-corrected chi connectivity index (χ1v) is 8.03. The number of aromatic amines is 1. The lowest BCUT2D eigenvalue weighted by Gasteiger charge is -2.07. The van der Waals surface area contributed by atoms with Gasteiger partial charge in [-0.25, -0.2) is 13.9 Å². The molecule has 0 saturated carbocycles. The van der Waals surface area contributed by atoms with Gasteiger partial charge in [-0.3, -0.25) is 9.59 Å². The number of hydrogen-bond acceptors (Lipinski definition) is 4. The standard InChI is InChI=1S/C18H12ClF2N3O3/c19-11-3-1-9(2-4-11)8-22-17(26)12-7-15(23-24-18(12)27)10-5-13(20)16(25)14(21)6-10/h1-7,25H,8H2,(H,22,26)(H,24,27). The summed E-state index contributed by atoms with van der Waals surface area (Å²) in [6, 6.07) is 9.55. The van der Waals surface area contributed by atoms with Crippen molar-refractivity contribution in [1.29, 1.82) is 0 Å². The number of benzene rings is 2. The summed E-state index contributed by atoms with van der Waals surface area (Å²) in [5, 5.41) is 18.1. The Morgan fingerprint density at radius 2 is 1.78 bits per heavy atom. The fourth-order valence-electron chi connectivity index (χ4n) is 2.32. The van der Waals surface area contributed by atoms with Crippen LogP contribution in [0.1, 0.15) is 15.9 Å². The zero-order valence-electron chi connectivity index (χ0n) is 13.6. The van der Waals surface area contributed by atoms with Crippen molar-refractivity contribution in [2.45, 2.75) is 6.54 Å². The van der Waals surface area contributed by atoms with Crippen molar-refractivity contribution in [3.8, 4) is 17.0 Å². The molecule has 0 bridgehead atoms. The summed E-state index contributed by atoms with van der Waals surface area (Å²) in [5.74, 6) is -4.18. The lowest BCUT2D eigenvalue weighted by atomic mass is 10.1. The van der Waals surface area contributed by atoms with Crippen LogP contribution in [0.25, 0.3) is 11.3 Å². The molecular formula is C18H12ClF2N3O3. The molecule has 138 valence electrons. The minimum absolute atomic E-state index is 0.0379. The monoisotopic (exact) mass is 391 g/mol. The first-order valence-electron chi connectivity index (χ1n) is 7.66. The second-order valence-corrected chi connectivity index (χ2v) is 6.03. The number of halogens is 3. The normalized spacial score (nSPS) is 10.6. The van der Waals surface area contributed by atoms with Crippen LogP contribution in [0.5, 0.6) is 5.75 Å². The number of amides is 1. The molecule has 3 aromatic rings. The molecule has 27 heavy (non-hydrogen) atoms. The maximum atomic E-state index is 13.5. The van der Waals surface area contributed by atoms with Gasteiger partial charge in [-0.1, -0.05) is 23.7 Å². The van der Waals surface area contributed by atoms with Gasteiger partial charge < -0.3 is 10.4 Å². The molecule has 0 radical (unpaired) electrons. The average molecular weight is 392 g/mol. The predicted octanol–water partition coefficient (Wildman–Crippen LogP) is 3.00. The molecule has 0 aliphatic heterocycles. The summed E-state index contributed by atoms with van der Waals surface area (Å²) in [4.78, 5) is 24.2. The van der Waals surface area contributed by atoms with Gasteiger partial charge in [0.05, 0.1) is 5.69 Å². The number of phenols is 1. The Kier molecular flexibility index (Phi) is 5.18. The van der Waals surface area contributed by atoms with Gasteiger partial charge in [0.25, 0.3) is 11.5 Å². The first-order chi connectivity index (χ1) is 12.8. The first kappa shape index (κ1) is 18.5. The smallest absolute Gasteiger partial charge is 0.277 e. The number of rotatable bonds is 4. The van der Waals surface area contributed by atoms with Gasteiger partial charge in [-0.05, 0) is 35.9 Å². The molecule has 0 atom stereocenters. The third-order valence-electron chi connectivity index (χ3n) is 3.73. The highest BCUT2D eigenvalue weighted by Gasteiger charge is 2.16. The van der Waals surface area contributed by atoms with Gasteiger partial charge >= 0.3 is 0 Å². The highest BCUT2D eigenvalue weighted by molar-refractivity contribution is 6.30. The van der Waals surface area contributed by atoms with Crippen LogP contribution >= 0.6 is 11.6 Å². The molecule has 0 unspecified atom stereocenters. The summed E-state index contributed by atoms with van der Waals surface area (Å²) in [5.41, 5.74) is -0.356. The lowest BCUT2D eigenvalue weighted by Crippen LogP contribution is -2.29. The summed E-state index contributed by atoms with van der Waals surface area (Å²) >= 11 is 5.79. The van der Waals surface area contributed by atoms with Crippen molar-refractivity contribution in [3.05, 3.63) is 80.6 Å². The highest BCUT2D eigenvalue weighted by Crippen LogP contribution is 2.26. The van der Waals surface area contributed by atoms with Crippen LogP contribution in [-0.2, 0) is 6.54 Å². The van der Waals surface area contributed by atoms with Crippen molar-refractivity contribution < 1.29 is 18.7 Å². The molecule has 0 fully saturated rings. The van der Waals surface area contributed by atoms with E-state index in [0.29, 0.717) is 5.02 Å². The molecule has 0 aliphatic rings. The van der Waals surface area contributed by atoms with Crippen molar-refractivity contribution in [2.24, 2.45) is 0 Å². The molecule has 0 spiro atoms. The van der Waals surface area contributed by atoms with Crippen LogP contribution in [0.15, 0.2) is 47.3 Å². The second kappa shape index (κ2) is 7.55. The molecule has 9 heteroatoms. The van der Waals surface area contributed by atoms with E-state index in [1.165, 1.54) is 0 Å². The molecule has 6 nitrogen and oxygen atoms in total. The Morgan fingerprint density at radius 1 is 1.15 bits per heavy atom. The minimum atomic E-state index is -1.19. The number of carbonyl (C=O) groups is 1. The third-order valence-corrected chi connectivity index (χ3v) is 3.98. The van der Waals surface area contributed by atoms with E-state index in [-0.39, 0.29) is 23.4 Å². The molecule has 0 saturated heterocycles. The summed E-state index contributed by atoms with van der Waals surface area (Å²) < 4.78 is 27.0. The van der Waals surface area contributed by atoms with E-state index in [9.17, 15) is 18.4 Å². The van der Waals surface area contributed by atoms with Gasteiger partial charge in [0.15, 0.2) is 17.4 Å². The van der Waals surface area contributed by atoms with E-state index in [2.05, 4.69) is 15.5 Å². The van der Waals surface area contributed by atoms with E-state index in [0.717, 1.165) is 23.8 Å². The SMILES string of the molecule is O=C(NCc1ccc(Cl)cc1)c1cc(-c2cc(F)c(O)c(F)c2)n[nH]c1=O. The fraction of sp³-hybridized carbons (Fsp3) is 0.0556. The Labute approximate surface area is 156 Å². The van der Waals surface area contributed by atoms with E-state index < -0.39 is 28.9 Å². The average Bonchev–Trinajstić information content (AvgIpc) is 2.65. The van der Waals surface area contributed by atoms with E-state index in [4.69, 9.17) is 16.7 Å². The van der Waals surface area contributed by atoms with Crippen molar-refractivity contribution in [1.82, 2.24) is 15.5 Å². The third kappa shape index (κ3) is 4.12. The van der Waals surface area contributed by atoms with Crippen LogP contribution in [-0.4, -0.2) is 21.2 Å². The topological polar surface area (TPSA) is 95.1 Å². The molecule has 1 aromatic heterocycles. The van der Waals surface area contributed by atoms with Gasteiger partial charge in [0, 0.05) is 17.1 Å². The molecular weight excluding hydrogens is 380 g/mol. The number of nitrogens with zero attached hydrogens (tertiary/aromatic N) is 1. The van der Waals surface area contributed by atoms with Crippen LogP contribution in [0.4, 0.5) is 8.78 Å².